The molecule has 0 saturated heterocycles. The molecule has 1 aromatic carbocycles. The van der Waals surface area contributed by atoms with Crippen LogP contribution in [0.25, 0.3) is 0 Å². The zero-order chi connectivity index (χ0) is 13.1. The molecule has 0 aliphatic rings. The van der Waals surface area contributed by atoms with E-state index in [0.29, 0.717) is 0 Å². The summed E-state index contributed by atoms with van der Waals surface area (Å²) in [5.74, 6) is 0. The molecular formula is C15H25NO. The lowest BCUT2D eigenvalue weighted by atomic mass is 9.90. The molecule has 1 rings (SSSR count). The van der Waals surface area contributed by atoms with Gasteiger partial charge in [-0.3, -0.25) is 0 Å². The Morgan fingerprint density at radius 1 is 1.24 bits per heavy atom. The monoisotopic (exact) mass is 235 g/mol. The van der Waals surface area contributed by atoms with Crippen LogP contribution in [0.3, 0.4) is 0 Å². The second kappa shape index (κ2) is 5.65. The first-order valence-corrected chi connectivity index (χ1v) is 6.24. The second-order valence-electron chi connectivity index (χ2n) is 5.41. The molecule has 2 nitrogen and oxygen atoms in total. The van der Waals surface area contributed by atoms with Gasteiger partial charge in [0.25, 0.3) is 0 Å². The van der Waals surface area contributed by atoms with Gasteiger partial charge in [-0.05, 0) is 57.2 Å². The zero-order valence-corrected chi connectivity index (χ0v) is 11.7. The van der Waals surface area contributed by atoms with Crippen LogP contribution in [0.15, 0.2) is 18.2 Å². The van der Waals surface area contributed by atoms with Gasteiger partial charge in [-0.2, -0.15) is 0 Å². The molecule has 17 heavy (non-hydrogen) atoms. The molecule has 0 radical (unpaired) electrons. The van der Waals surface area contributed by atoms with E-state index in [2.05, 4.69) is 45.9 Å². The molecule has 0 aromatic heterocycles. The quantitative estimate of drug-likeness (QED) is 0.847. The van der Waals surface area contributed by atoms with Crippen LogP contribution in [0.1, 0.15) is 49.4 Å². The lowest BCUT2D eigenvalue weighted by Crippen LogP contribution is -2.25. The maximum atomic E-state index is 6.30. The third-order valence-electron chi connectivity index (χ3n) is 3.52. The first-order valence-electron chi connectivity index (χ1n) is 6.24. The fourth-order valence-corrected chi connectivity index (χ4v) is 2.16. The minimum absolute atomic E-state index is 0.0891. The Balaban J connectivity index is 2.74. The number of hydrogen-bond donors (Lipinski definition) is 1. The van der Waals surface area contributed by atoms with Gasteiger partial charge in [0.15, 0.2) is 0 Å². The Kier molecular flexibility index (Phi) is 4.72. The highest BCUT2D eigenvalue weighted by Gasteiger charge is 2.19. The van der Waals surface area contributed by atoms with E-state index in [0.717, 1.165) is 12.8 Å². The van der Waals surface area contributed by atoms with Crippen molar-refractivity contribution in [2.45, 2.75) is 52.2 Å². The van der Waals surface area contributed by atoms with E-state index in [1.165, 1.54) is 16.7 Å². The Labute approximate surface area is 105 Å². The third-order valence-corrected chi connectivity index (χ3v) is 3.52. The van der Waals surface area contributed by atoms with Crippen molar-refractivity contribution in [1.29, 1.82) is 0 Å². The third kappa shape index (κ3) is 3.83. The highest BCUT2D eigenvalue weighted by atomic mass is 16.5. The zero-order valence-electron chi connectivity index (χ0n) is 11.7. The van der Waals surface area contributed by atoms with Crippen LogP contribution in [-0.2, 0) is 4.74 Å². The van der Waals surface area contributed by atoms with E-state index in [-0.39, 0.29) is 11.6 Å². The van der Waals surface area contributed by atoms with Crippen LogP contribution >= 0.6 is 0 Å². The second-order valence-corrected chi connectivity index (χ2v) is 5.41. The number of hydrogen-bond acceptors (Lipinski definition) is 2. The maximum absolute atomic E-state index is 6.30. The Hall–Kier alpha value is -0.860. The van der Waals surface area contributed by atoms with Crippen molar-refractivity contribution in [3.05, 3.63) is 34.9 Å². The molecule has 0 fully saturated rings. The molecule has 1 aromatic rings. The van der Waals surface area contributed by atoms with E-state index in [4.69, 9.17) is 10.5 Å². The van der Waals surface area contributed by atoms with Crippen molar-refractivity contribution in [3.63, 3.8) is 0 Å². The predicted octanol–water partition coefficient (Wildman–Crippen LogP) is 3.51. The molecule has 0 aliphatic heterocycles. The van der Waals surface area contributed by atoms with Crippen molar-refractivity contribution in [2.24, 2.45) is 5.73 Å². The SMILES string of the molecule is COC(C)(C)CCC(N)c1c(C)cccc1C. The standard InChI is InChI=1S/C15H25NO/c1-11-7-6-8-12(2)14(11)13(16)9-10-15(3,4)17-5/h6-8,13H,9-10,16H2,1-5H3. The van der Waals surface area contributed by atoms with Crippen LogP contribution in [0, 0.1) is 13.8 Å². The summed E-state index contributed by atoms with van der Waals surface area (Å²) in [6.45, 7) is 8.46. The van der Waals surface area contributed by atoms with Gasteiger partial charge in [-0.15, -0.1) is 0 Å². The van der Waals surface area contributed by atoms with Gasteiger partial charge in [0.2, 0.25) is 0 Å². The topological polar surface area (TPSA) is 35.2 Å². The Bertz CT molecular complexity index is 351. The van der Waals surface area contributed by atoms with E-state index < -0.39 is 0 Å². The van der Waals surface area contributed by atoms with Crippen molar-refractivity contribution in [1.82, 2.24) is 0 Å². The Morgan fingerprint density at radius 3 is 2.24 bits per heavy atom. The molecule has 0 spiro atoms. The summed E-state index contributed by atoms with van der Waals surface area (Å²) in [6.07, 6.45) is 1.92. The highest BCUT2D eigenvalue weighted by Crippen LogP contribution is 2.26. The van der Waals surface area contributed by atoms with Gasteiger partial charge in [0.1, 0.15) is 0 Å². The van der Waals surface area contributed by atoms with Gasteiger partial charge in [0.05, 0.1) is 5.60 Å². The molecule has 96 valence electrons. The summed E-state index contributed by atoms with van der Waals surface area (Å²) < 4.78 is 5.43. The van der Waals surface area contributed by atoms with E-state index in [1.807, 2.05) is 0 Å². The van der Waals surface area contributed by atoms with Crippen LogP contribution < -0.4 is 5.73 Å². The first kappa shape index (κ1) is 14.2. The number of aryl methyl sites for hydroxylation is 2. The molecule has 1 unspecified atom stereocenters. The largest absolute Gasteiger partial charge is 0.379 e. The van der Waals surface area contributed by atoms with E-state index in [1.54, 1.807) is 7.11 Å². The van der Waals surface area contributed by atoms with Crippen molar-refractivity contribution < 1.29 is 4.74 Å². The average Bonchev–Trinajstić information content (AvgIpc) is 2.26. The fourth-order valence-electron chi connectivity index (χ4n) is 2.16. The first-order chi connectivity index (χ1) is 7.87. The number of methoxy groups -OCH3 is 1. The lowest BCUT2D eigenvalue weighted by molar-refractivity contribution is 0.0124. The summed E-state index contributed by atoms with van der Waals surface area (Å²) in [5.41, 5.74) is 10.1. The molecule has 2 N–H and O–H groups in total. The van der Waals surface area contributed by atoms with Crippen molar-refractivity contribution >= 4 is 0 Å². The smallest absolute Gasteiger partial charge is 0.0623 e. The summed E-state index contributed by atoms with van der Waals surface area (Å²) in [4.78, 5) is 0. The molecule has 1 atom stereocenters. The molecule has 2 heteroatoms. The number of benzene rings is 1. The molecule has 0 aliphatic carbocycles. The van der Waals surface area contributed by atoms with Gasteiger partial charge >= 0.3 is 0 Å². The number of ether oxygens (including phenoxy) is 1. The van der Waals surface area contributed by atoms with Crippen LogP contribution in [0.4, 0.5) is 0 Å². The Morgan fingerprint density at radius 2 is 1.76 bits per heavy atom. The molecule has 0 amide bonds. The van der Waals surface area contributed by atoms with E-state index in [9.17, 15) is 0 Å². The number of nitrogens with two attached hydrogens (primary N) is 1. The number of rotatable bonds is 5. The van der Waals surface area contributed by atoms with Gasteiger partial charge < -0.3 is 10.5 Å². The van der Waals surface area contributed by atoms with Crippen molar-refractivity contribution in [3.8, 4) is 0 Å². The van der Waals surface area contributed by atoms with Crippen LogP contribution in [0.2, 0.25) is 0 Å². The highest BCUT2D eigenvalue weighted by molar-refractivity contribution is 5.35. The summed E-state index contributed by atoms with van der Waals surface area (Å²) in [5, 5.41) is 0. The normalized spacial score (nSPS) is 13.8. The molecule has 0 heterocycles. The summed E-state index contributed by atoms with van der Waals surface area (Å²) >= 11 is 0. The van der Waals surface area contributed by atoms with Gasteiger partial charge in [0, 0.05) is 13.2 Å². The van der Waals surface area contributed by atoms with Crippen LogP contribution in [0.5, 0.6) is 0 Å². The van der Waals surface area contributed by atoms with E-state index >= 15 is 0 Å². The molecule has 0 saturated carbocycles. The van der Waals surface area contributed by atoms with Crippen LogP contribution in [-0.4, -0.2) is 12.7 Å². The predicted molar refractivity (Wildman–Crippen MR) is 73.2 cm³/mol. The molecule has 0 bridgehead atoms. The maximum Gasteiger partial charge on any atom is 0.0623 e. The van der Waals surface area contributed by atoms with Crippen molar-refractivity contribution in [2.75, 3.05) is 7.11 Å². The minimum atomic E-state index is -0.0891. The lowest BCUT2D eigenvalue weighted by Gasteiger charge is -2.25. The van der Waals surface area contributed by atoms with Gasteiger partial charge in [-0.1, -0.05) is 18.2 Å². The fraction of sp³-hybridized carbons (Fsp3) is 0.600. The average molecular weight is 235 g/mol. The molecular weight excluding hydrogens is 210 g/mol. The summed E-state index contributed by atoms with van der Waals surface area (Å²) in [6, 6.07) is 6.44. The summed E-state index contributed by atoms with van der Waals surface area (Å²) in [7, 11) is 1.75. The minimum Gasteiger partial charge on any atom is -0.379 e. The van der Waals surface area contributed by atoms with Gasteiger partial charge in [-0.25, -0.2) is 0 Å².